The second-order valence-electron chi connectivity index (χ2n) is 7.11. The standard InChI is InChI=1S/C23H19ClN4O3/c1-14-11-21(27-31-14)26-22(29)13-28(2)23(30)18-12-20(15-7-9-16(24)10-8-15)25-19-6-4-3-5-17(18)19/h3-12H,13H2,1-2H3,(H,26,27,29). The molecule has 0 aliphatic rings. The maximum atomic E-state index is 13.3. The number of aromatic nitrogens is 2. The molecule has 156 valence electrons. The van der Waals surface area contributed by atoms with Crippen LogP contribution in [0.1, 0.15) is 16.1 Å². The predicted molar refractivity (Wildman–Crippen MR) is 119 cm³/mol. The van der Waals surface area contributed by atoms with Crippen LogP contribution in [-0.2, 0) is 4.79 Å². The number of fused-ring (bicyclic) bond motifs is 1. The van der Waals surface area contributed by atoms with E-state index < -0.39 is 0 Å². The molecule has 4 rings (SSSR count). The normalized spacial score (nSPS) is 10.8. The fourth-order valence-electron chi connectivity index (χ4n) is 3.22. The summed E-state index contributed by atoms with van der Waals surface area (Å²) in [5.74, 6) is 0.223. The monoisotopic (exact) mass is 434 g/mol. The number of amides is 2. The Bertz CT molecular complexity index is 1270. The molecule has 0 fully saturated rings. The number of para-hydroxylation sites is 1. The van der Waals surface area contributed by atoms with Crippen molar-refractivity contribution in [1.82, 2.24) is 15.0 Å². The largest absolute Gasteiger partial charge is 0.360 e. The number of aryl methyl sites for hydroxylation is 1. The van der Waals surface area contributed by atoms with E-state index in [9.17, 15) is 9.59 Å². The smallest absolute Gasteiger partial charge is 0.254 e. The van der Waals surface area contributed by atoms with Crippen LogP contribution in [0.3, 0.4) is 0 Å². The van der Waals surface area contributed by atoms with Gasteiger partial charge >= 0.3 is 0 Å². The summed E-state index contributed by atoms with van der Waals surface area (Å²) in [4.78, 5) is 31.6. The molecule has 2 aromatic carbocycles. The average molecular weight is 435 g/mol. The van der Waals surface area contributed by atoms with Crippen LogP contribution in [-0.4, -0.2) is 40.4 Å². The minimum absolute atomic E-state index is 0.141. The summed E-state index contributed by atoms with van der Waals surface area (Å²) in [5, 5.41) is 7.68. The molecule has 7 nitrogen and oxygen atoms in total. The Hall–Kier alpha value is -3.71. The Labute approximate surface area is 183 Å². The lowest BCUT2D eigenvalue weighted by Gasteiger charge is -2.18. The highest BCUT2D eigenvalue weighted by atomic mass is 35.5. The Kier molecular flexibility index (Phi) is 5.68. The van der Waals surface area contributed by atoms with Gasteiger partial charge in [-0.3, -0.25) is 9.59 Å². The van der Waals surface area contributed by atoms with Gasteiger partial charge in [0.1, 0.15) is 5.76 Å². The molecular formula is C23H19ClN4O3. The predicted octanol–water partition coefficient (Wildman–Crippen LogP) is 4.56. The molecule has 2 amide bonds. The molecule has 31 heavy (non-hydrogen) atoms. The Balaban J connectivity index is 1.63. The van der Waals surface area contributed by atoms with Gasteiger partial charge < -0.3 is 14.7 Å². The highest BCUT2D eigenvalue weighted by Gasteiger charge is 2.20. The first kappa shape index (κ1) is 20.6. The number of nitrogens with one attached hydrogen (secondary N) is 1. The minimum atomic E-state index is -0.375. The van der Waals surface area contributed by atoms with Gasteiger partial charge in [0.15, 0.2) is 5.82 Å². The van der Waals surface area contributed by atoms with E-state index in [1.807, 2.05) is 36.4 Å². The van der Waals surface area contributed by atoms with Crippen LogP contribution < -0.4 is 5.32 Å². The van der Waals surface area contributed by atoms with Gasteiger partial charge in [-0.15, -0.1) is 0 Å². The molecule has 2 aromatic heterocycles. The van der Waals surface area contributed by atoms with Crippen LogP contribution in [0.15, 0.2) is 65.2 Å². The van der Waals surface area contributed by atoms with E-state index in [0.29, 0.717) is 38.8 Å². The van der Waals surface area contributed by atoms with Gasteiger partial charge in [0, 0.05) is 29.1 Å². The summed E-state index contributed by atoms with van der Waals surface area (Å²) in [6, 6.07) is 18.0. The number of halogens is 1. The maximum Gasteiger partial charge on any atom is 0.254 e. The molecule has 1 N–H and O–H groups in total. The molecule has 0 aliphatic heterocycles. The number of hydrogen-bond donors (Lipinski definition) is 1. The van der Waals surface area contributed by atoms with Gasteiger partial charge in [0.2, 0.25) is 5.91 Å². The van der Waals surface area contributed by atoms with Crippen molar-refractivity contribution < 1.29 is 14.1 Å². The van der Waals surface area contributed by atoms with Gasteiger partial charge in [-0.05, 0) is 31.2 Å². The van der Waals surface area contributed by atoms with Crippen molar-refractivity contribution in [3.8, 4) is 11.3 Å². The zero-order valence-electron chi connectivity index (χ0n) is 16.9. The van der Waals surface area contributed by atoms with Gasteiger partial charge in [0.25, 0.3) is 5.91 Å². The molecule has 8 heteroatoms. The first-order valence-electron chi connectivity index (χ1n) is 9.55. The van der Waals surface area contributed by atoms with Crippen LogP contribution in [0, 0.1) is 6.92 Å². The average Bonchev–Trinajstić information content (AvgIpc) is 3.17. The zero-order chi connectivity index (χ0) is 22.0. The summed E-state index contributed by atoms with van der Waals surface area (Å²) < 4.78 is 4.94. The fourth-order valence-corrected chi connectivity index (χ4v) is 3.35. The van der Waals surface area contributed by atoms with E-state index in [4.69, 9.17) is 16.1 Å². The lowest BCUT2D eigenvalue weighted by Crippen LogP contribution is -2.35. The van der Waals surface area contributed by atoms with Crippen LogP contribution in [0.5, 0.6) is 0 Å². The van der Waals surface area contributed by atoms with Crippen LogP contribution in [0.4, 0.5) is 5.82 Å². The molecule has 0 unspecified atom stereocenters. The van der Waals surface area contributed by atoms with E-state index in [0.717, 1.165) is 5.56 Å². The lowest BCUT2D eigenvalue weighted by molar-refractivity contribution is -0.116. The number of pyridine rings is 1. The second-order valence-corrected chi connectivity index (χ2v) is 7.55. The molecule has 4 aromatic rings. The third-order valence-electron chi connectivity index (χ3n) is 4.71. The van der Waals surface area contributed by atoms with Crippen molar-refractivity contribution in [3.05, 3.63) is 77.0 Å². The van der Waals surface area contributed by atoms with Crippen molar-refractivity contribution in [2.45, 2.75) is 6.92 Å². The van der Waals surface area contributed by atoms with Gasteiger partial charge in [0.05, 0.1) is 23.3 Å². The first-order valence-corrected chi connectivity index (χ1v) is 9.93. The lowest BCUT2D eigenvalue weighted by atomic mass is 10.0. The number of benzene rings is 2. The number of nitrogens with zero attached hydrogens (tertiary/aromatic N) is 3. The molecular weight excluding hydrogens is 416 g/mol. The third-order valence-corrected chi connectivity index (χ3v) is 4.96. The molecule has 0 aliphatic carbocycles. The fraction of sp³-hybridized carbons (Fsp3) is 0.130. The van der Waals surface area contributed by atoms with Crippen LogP contribution in [0.2, 0.25) is 5.02 Å². The van der Waals surface area contributed by atoms with Crippen molar-refractivity contribution >= 4 is 40.1 Å². The second kappa shape index (κ2) is 8.57. The maximum absolute atomic E-state index is 13.3. The Morgan fingerprint density at radius 3 is 2.55 bits per heavy atom. The van der Waals surface area contributed by atoms with E-state index in [2.05, 4.69) is 15.5 Å². The van der Waals surface area contributed by atoms with Crippen LogP contribution in [0.25, 0.3) is 22.2 Å². The van der Waals surface area contributed by atoms with E-state index in [-0.39, 0.29) is 18.4 Å². The number of carbonyl (C=O) groups is 2. The number of anilines is 1. The molecule has 0 radical (unpaired) electrons. The molecule has 2 heterocycles. The summed E-state index contributed by atoms with van der Waals surface area (Å²) in [7, 11) is 1.58. The van der Waals surface area contributed by atoms with Crippen LogP contribution >= 0.6 is 11.6 Å². The summed E-state index contributed by atoms with van der Waals surface area (Å²) in [6.45, 7) is 1.59. The number of hydrogen-bond acceptors (Lipinski definition) is 5. The van der Waals surface area contributed by atoms with Gasteiger partial charge in [-0.2, -0.15) is 0 Å². The minimum Gasteiger partial charge on any atom is -0.360 e. The topological polar surface area (TPSA) is 88.3 Å². The summed E-state index contributed by atoms with van der Waals surface area (Å²) >= 11 is 6.00. The quantitative estimate of drug-likeness (QED) is 0.497. The number of rotatable bonds is 5. The van der Waals surface area contributed by atoms with Gasteiger partial charge in [-0.1, -0.05) is 47.1 Å². The van der Waals surface area contributed by atoms with Crippen molar-refractivity contribution in [1.29, 1.82) is 0 Å². The molecule has 0 spiro atoms. The Morgan fingerprint density at radius 2 is 1.84 bits per heavy atom. The zero-order valence-corrected chi connectivity index (χ0v) is 17.7. The van der Waals surface area contributed by atoms with Gasteiger partial charge in [-0.25, -0.2) is 4.98 Å². The van der Waals surface area contributed by atoms with Crippen molar-refractivity contribution in [3.63, 3.8) is 0 Å². The Morgan fingerprint density at radius 1 is 1.10 bits per heavy atom. The van der Waals surface area contributed by atoms with Crippen molar-refractivity contribution in [2.75, 3.05) is 18.9 Å². The van der Waals surface area contributed by atoms with E-state index >= 15 is 0 Å². The summed E-state index contributed by atoms with van der Waals surface area (Å²) in [5.41, 5.74) is 2.64. The third kappa shape index (κ3) is 4.57. The van der Waals surface area contributed by atoms with E-state index in [1.54, 1.807) is 38.2 Å². The SMILES string of the molecule is Cc1cc(NC(=O)CN(C)C(=O)c2cc(-c3ccc(Cl)cc3)nc3ccccc23)no1. The number of carbonyl (C=O) groups excluding carboxylic acids is 2. The molecule has 0 atom stereocenters. The first-order chi connectivity index (χ1) is 14.9. The highest BCUT2D eigenvalue weighted by molar-refractivity contribution is 6.30. The number of likely N-dealkylation sites (N-methyl/N-ethyl adjacent to an activating group) is 1. The summed E-state index contributed by atoms with van der Waals surface area (Å²) in [6.07, 6.45) is 0. The van der Waals surface area contributed by atoms with E-state index in [1.165, 1.54) is 4.90 Å². The molecule has 0 saturated carbocycles. The molecule has 0 bridgehead atoms. The highest BCUT2D eigenvalue weighted by Crippen LogP contribution is 2.26. The van der Waals surface area contributed by atoms with Crippen molar-refractivity contribution in [2.24, 2.45) is 0 Å². The molecule has 0 saturated heterocycles.